The van der Waals surface area contributed by atoms with Crippen LogP contribution in [0.3, 0.4) is 0 Å². The predicted molar refractivity (Wildman–Crippen MR) is 198 cm³/mol. The molecular formula is C23H44N4O10S8. The zero-order valence-electron chi connectivity index (χ0n) is 24.9. The number of aliphatic imine (C=N–C) groups is 2. The number of nitrogens with zero attached hydrogens (tertiary/aromatic N) is 2. The highest BCUT2D eigenvalue weighted by molar-refractivity contribution is 8.16. The average molecular weight is 793 g/mol. The maximum absolute atomic E-state index is 11.7. The second-order valence-corrected chi connectivity index (χ2v) is 16.9. The van der Waals surface area contributed by atoms with E-state index in [2.05, 4.69) is 20.6 Å². The van der Waals surface area contributed by atoms with Crippen LogP contribution < -0.4 is 10.6 Å². The van der Waals surface area contributed by atoms with Gasteiger partial charge >= 0.3 is 12.2 Å². The van der Waals surface area contributed by atoms with Gasteiger partial charge in [-0.05, 0) is 0 Å². The number of aliphatic hydroxyl groups excluding tert-OH is 2. The molecule has 0 heterocycles. The van der Waals surface area contributed by atoms with Crippen molar-refractivity contribution in [2.45, 2.75) is 0 Å². The van der Waals surface area contributed by atoms with Crippen LogP contribution in [0.15, 0.2) is 9.98 Å². The van der Waals surface area contributed by atoms with Gasteiger partial charge in [-0.15, -0.1) is 70.6 Å². The Morgan fingerprint density at radius 1 is 0.556 bits per heavy atom. The lowest BCUT2D eigenvalue weighted by atomic mass is 10.8. The summed E-state index contributed by atoms with van der Waals surface area (Å²) < 4.78 is 10.2. The Morgan fingerprint density at radius 3 is 1.47 bits per heavy atom. The lowest BCUT2D eigenvalue weighted by molar-refractivity contribution is -0.210. The van der Waals surface area contributed by atoms with Crippen molar-refractivity contribution in [2.75, 3.05) is 113 Å². The Bertz CT molecular complexity index is 727. The van der Waals surface area contributed by atoms with Gasteiger partial charge in [0.25, 0.3) is 0 Å². The van der Waals surface area contributed by atoms with Crippen molar-refractivity contribution in [1.82, 2.24) is 10.6 Å². The molecule has 45 heavy (non-hydrogen) atoms. The molecular weight excluding hydrogens is 749 g/mol. The quantitative estimate of drug-likeness (QED) is 0.0184. The second kappa shape index (κ2) is 40.3. The molecule has 264 valence electrons. The van der Waals surface area contributed by atoms with Gasteiger partial charge in [0, 0.05) is 49.8 Å². The minimum atomic E-state index is -0.441. The van der Waals surface area contributed by atoms with E-state index in [4.69, 9.17) is 39.2 Å². The third-order valence-electron chi connectivity index (χ3n) is 3.85. The average Bonchev–Trinajstić information content (AvgIpc) is 3.04. The monoisotopic (exact) mass is 792 g/mol. The number of nitrogens with one attached hydrogen (secondary N) is 2. The van der Waals surface area contributed by atoms with Crippen LogP contribution in [0.1, 0.15) is 0 Å². The van der Waals surface area contributed by atoms with Crippen molar-refractivity contribution in [3.63, 3.8) is 0 Å². The normalized spacial score (nSPS) is 11.2. The van der Waals surface area contributed by atoms with Crippen LogP contribution in [-0.2, 0) is 29.0 Å². The maximum Gasteiger partial charge on any atom is 0.407 e. The molecule has 22 heteroatoms. The molecule has 2 amide bonds. The number of carbonyl (C=O) groups is 2. The molecule has 0 rings (SSSR count). The number of amides is 2. The number of alkyl carbamates (subject to hydrolysis) is 2. The van der Waals surface area contributed by atoms with E-state index in [0.29, 0.717) is 72.9 Å². The van der Waals surface area contributed by atoms with E-state index in [1.165, 1.54) is 24.6 Å². The minimum absolute atomic E-state index is 0.125. The largest absolute Gasteiger partial charge is 0.449 e. The summed E-state index contributed by atoms with van der Waals surface area (Å²) in [5, 5.41) is 25.0. The standard InChI is InChI=1S/C23H44N4O10S8/c28-1-7-38-9-3-32-22(30)26-17-44-20-43-16-25-14-37-35-6-12-41-19-40-10-4-33-23(31)27-18-45-21-42-15-24-13-36-34-5-11-39-8-2-29/h13-14,28-29H,1-12,15-21H2,(H,26,30)(H,27,31). The first kappa shape index (κ1) is 45.1. The van der Waals surface area contributed by atoms with Crippen LogP contribution >= 0.6 is 94.1 Å². The Hall–Kier alpha value is 0.120. The smallest absolute Gasteiger partial charge is 0.407 e. The first-order chi connectivity index (χ1) is 22.2. The first-order valence-corrected chi connectivity index (χ1v) is 22.6. The molecule has 0 aromatic carbocycles. The molecule has 0 spiro atoms. The molecule has 0 aromatic heterocycles. The molecule has 0 bridgehead atoms. The molecule has 14 nitrogen and oxygen atoms in total. The van der Waals surface area contributed by atoms with Gasteiger partial charge in [-0.3, -0.25) is 0 Å². The molecule has 0 aliphatic heterocycles. The van der Waals surface area contributed by atoms with E-state index in [-0.39, 0.29) is 13.2 Å². The third-order valence-corrected chi connectivity index (χ3v) is 12.0. The number of hydrogen-bond donors (Lipinski definition) is 4. The number of thioether (sulfide) groups is 8. The van der Waals surface area contributed by atoms with E-state index >= 15 is 0 Å². The van der Waals surface area contributed by atoms with Crippen molar-refractivity contribution < 1.29 is 48.8 Å². The van der Waals surface area contributed by atoms with Gasteiger partial charge < -0.3 is 40.1 Å². The van der Waals surface area contributed by atoms with Gasteiger partial charge in [-0.25, -0.2) is 19.6 Å². The van der Waals surface area contributed by atoms with Crippen molar-refractivity contribution in [3.05, 3.63) is 0 Å². The summed E-state index contributed by atoms with van der Waals surface area (Å²) in [6.45, 7) is 1.81. The summed E-state index contributed by atoms with van der Waals surface area (Å²) >= 11 is 12.7. The van der Waals surface area contributed by atoms with Crippen molar-refractivity contribution in [3.8, 4) is 0 Å². The van der Waals surface area contributed by atoms with Gasteiger partial charge in [-0.1, -0.05) is 0 Å². The van der Waals surface area contributed by atoms with Gasteiger partial charge in [-0.2, -0.15) is 33.3 Å². The SMILES string of the molecule is O=C(NCSCSCN=COOCCSCSCCOC(=O)NCSCSCN=COOCCSCCO)OCCSCCO. The third kappa shape index (κ3) is 40.2. The molecule has 0 radical (unpaired) electrons. The maximum atomic E-state index is 11.7. The fraction of sp³-hybridized carbons (Fsp3) is 0.826. The Kier molecular flexibility index (Phi) is 40.4. The minimum Gasteiger partial charge on any atom is -0.449 e. The number of aliphatic hydroxyl groups is 2. The molecule has 4 N–H and O–H groups in total. The number of carbonyl (C=O) groups excluding carboxylic acids is 2. The van der Waals surface area contributed by atoms with Crippen molar-refractivity contribution in [1.29, 1.82) is 0 Å². The van der Waals surface area contributed by atoms with Crippen LogP contribution in [0.4, 0.5) is 9.59 Å². The summed E-state index contributed by atoms with van der Waals surface area (Å²) in [6.07, 6.45) is 1.67. The number of ether oxygens (including phenoxy) is 2. The molecule has 0 aliphatic carbocycles. The summed E-state index contributed by atoms with van der Waals surface area (Å²) in [5.41, 5.74) is 0. The fourth-order valence-corrected chi connectivity index (χ4v) is 7.90. The van der Waals surface area contributed by atoms with Gasteiger partial charge in [0.1, 0.15) is 26.4 Å². The molecule has 0 aliphatic rings. The summed E-state index contributed by atoms with van der Waals surface area (Å²) in [5.74, 6) is 6.17. The first-order valence-electron chi connectivity index (χ1n) is 13.4. The highest BCUT2D eigenvalue weighted by Crippen LogP contribution is 2.13. The van der Waals surface area contributed by atoms with Crippen molar-refractivity contribution >= 4 is 119 Å². The Morgan fingerprint density at radius 2 is 0.978 bits per heavy atom. The molecule has 0 saturated carbocycles. The topological polar surface area (TPSA) is 179 Å². The van der Waals surface area contributed by atoms with Crippen LogP contribution in [0.25, 0.3) is 0 Å². The zero-order valence-corrected chi connectivity index (χ0v) is 31.4. The number of rotatable bonds is 34. The van der Waals surface area contributed by atoms with E-state index in [1.54, 1.807) is 82.3 Å². The van der Waals surface area contributed by atoms with E-state index < -0.39 is 12.2 Å². The van der Waals surface area contributed by atoms with Gasteiger partial charge in [0.15, 0.2) is 0 Å². The Labute approximate surface area is 299 Å². The lowest BCUT2D eigenvalue weighted by Gasteiger charge is -2.06. The summed E-state index contributed by atoms with van der Waals surface area (Å²) in [7, 11) is 0. The molecule has 0 saturated heterocycles. The fourth-order valence-electron chi connectivity index (χ4n) is 2.06. The highest BCUT2D eigenvalue weighted by atomic mass is 32.2. The Balaban J connectivity index is 3.27. The number of hydrogen-bond acceptors (Lipinski definition) is 20. The molecule has 0 atom stereocenters. The van der Waals surface area contributed by atoms with Crippen LogP contribution in [0, 0.1) is 0 Å². The highest BCUT2D eigenvalue weighted by Gasteiger charge is 2.02. The van der Waals surface area contributed by atoms with Crippen LogP contribution in [-0.4, -0.2) is 148 Å². The van der Waals surface area contributed by atoms with Gasteiger partial charge in [0.05, 0.1) is 36.7 Å². The van der Waals surface area contributed by atoms with Crippen LogP contribution in [0.5, 0.6) is 0 Å². The van der Waals surface area contributed by atoms with Gasteiger partial charge in [0.2, 0.25) is 12.8 Å². The van der Waals surface area contributed by atoms with E-state index in [1.807, 2.05) is 0 Å². The second-order valence-electron chi connectivity index (χ2n) is 7.24. The summed E-state index contributed by atoms with van der Waals surface area (Å²) in [6, 6.07) is 0. The molecule has 0 unspecified atom stereocenters. The predicted octanol–water partition coefficient (Wildman–Crippen LogP) is 3.94. The van der Waals surface area contributed by atoms with E-state index in [0.717, 1.165) is 26.8 Å². The molecule has 0 fully saturated rings. The zero-order chi connectivity index (χ0) is 32.7. The lowest BCUT2D eigenvalue weighted by Crippen LogP contribution is -2.24. The summed E-state index contributed by atoms with van der Waals surface area (Å²) in [4.78, 5) is 50.9. The van der Waals surface area contributed by atoms with Crippen molar-refractivity contribution in [2.24, 2.45) is 9.98 Å². The van der Waals surface area contributed by atoms with E-state index in [9.17, 15) is 9.59 Å². The molecule has 0 aromatic rings. The van der Waals surface area contributed by atoms with Crippen LogP contribution in [0.2, 0.25) is 0 Å².